The number of rotatable bonds is 5. The molecule has 1 aliphatic heterocycles. The summed E-state index contributed by atoms with van der Waals surface area (Å²) in [6.45, 7) is 2.04. The predicted octanol–water partition coefficient (Wildman–Crippen LogP) is 4.85. The number of nitrogens with zero attached hydrogens (tertiary/aromatic N) is 1. The lowest BCUT2D eigenvalue weighted by atomic mass is 10.1. The summed E-state index contributed by atoms with van der Waals surface area (Å²) in [5.74, 6) is -1.27. The smallest absolute Gasteiger partial charge is 0.282 e. The summed E-state index contributed by atoms with van der Waals surface area (Å²) in [5, 5.41) is 4.80. The summed E-state index contributed by atoms with van der Waals surface area (Å²) < 4.78 is 13.6. The van der Waals surface area contributed by atoms with Gasteiger partial charge in [-0.1, -0.05) is 31.2 Å². The van der Waals surface area contributed by atoms with E-state index in [0.29, 0.717) is 21.8 Å². The number of anilines is 2. The standard InChI is InChI=1S/C22H17FN2O2S/c1-2-14-8-10-17(11-9-14)25-21(26)19(18-7-4-12-28-18)20(22(25)27)24-16-6-3-5-15(23)13-16/h3-13,24H,2H2,1H3. The number of carbonyl (C=O) groups is 2. The minimum Gasteiger partial charge on any atom is -0.350 e. The maximum absolute atomic E-state index is 13.6. The molecular weight excluding hydrogens is 375 g/mol. The molecular formula is C22H17FN2O2S. The van der Waals surface area contributed by atoms with Crippen LogP contribution in [0.5, 0.6) is 0 Å². The molecule has 6 heteroatoms. The van der Waals surface area contributed by atoms with E-state index in [1.807, 2.05) is 30.5 Å². The number of hydrogen-bond donors (Lipinski definition) is 1. The highest BCUT2D eigenvalue weighted by atomic mass is 32.1. The third-order valence-electron chi connectivity index (χ3n) is 4.55. The topological polar surface area (TPSA) is 49.4 Å². The first-order valence-electron chi connectivity index (χ1n) is 8.87. The predicted molar refractivity (Wildman–Crippen MR) is 110 cm³/mol. The van der Waals surface area contributed by atoms with Gasteiger partial charge < -0.3 is 5.32 Å². The van der Waals surface area contributed by atoms with Gasteiger partial charge in [0.1, 0.15) is 11.5 Å². The molecule has 0 bridgehead atoms. The number of nitrogens with one attached hydrogen (secondary N) is 1. The quantitative estimate of drug-likeness (QED) is 0.632. The molecule has 2 heterocycles. The highest BCUT2D eigenvalue weighted by Crippen LogP contribution is 2.35. The van der Waals surface area contributed by atoms with Crippen LogP contribution >= 0.6 is 11.3 Å². The molecule has 1 N–H and O–H groups in total. The van der Waals surface area contributed by atoms with Crippen molar-refractivity contribution in [2.24, 2.45) is 0 Å². The van der Waals surface area contributed by atoms with Gasteiger partial charge in [-0.3, -0.25) is 9.59 Å². The van der Waals surface area contributed by atoms with Crippen LogP contribution in [0.2, 0.25) is 0 Å². The maximum atomic E-state index is 13.6. The Bertz CT molecular complexity index is 1070. The second-order valence-electron chi connectivity index (χ2n) is 6.33. The Balaban J connectivity index is 1.77. The normalized spacial score (nSPS) is 14.1. The Hall–Kier alpha value is -3.25. The lowest BCUT2D eigenvalue weighted by Gasteiger charge is -2.15. The lowest BCUT2D eigenvalue weighted by Crippen LogP contribution is -2.32. The zero-order valence-corrected chi connectivity index (χ0v) is 15.9. The Morgan fingerprint density at radius 2 is 1.79 bits per heavy atom. The zero-order chi connectivity index (χ0) is 19.7. The second kappa shape index (κ2) is 7.40. The van der Waals surface area contributed by atoms with Gasteiger partial charge in [0.25, 0.3) is 11.8 Å². The van der Waals surface area contributed by atoms with Gasteiger partial charge in [0.05, 0.1) is 11.3 Å². The SMILES string of the molecule is CCc1ccc(N2C(=O)C(Nc3cccc(F)c3)=C(c3cccs3)C2=O)cc1. The Labute approximate surface area is 165 Å². The number of imide groups is 1. The van der Waals surface area contributed by atoms with E-state index < -0.39 is 17.6 Å². The van der Waals surface area contributed by atoms with Crippen LogP contribution in [-0.4, -0.2) is 11.8 Å². The number of thiophene rings is 1. The molecule has 1 aromatic heterocycles. The molecule has 0 radical (unpaired) electrons. The summed E-state index contributed by atoms with van der Waals surface area (Å²) >= 11 is 1.38. The van der Waals surface area contributed by atoms with E-state index in [2.05, 4.69) is 5.32 Å². The summed E-state index contributed by atoms with van der Waals surface area (Å²) in [7, 11) is 0. The van der Waals surface area contributed by atoms with Gasteiger partial charge in [-0.15, -0.1) is 11.3 Å². The van der Waals surface area contributed by atoms with Gasteiger partial charge in [0.15, 0.2) is 0 Å². The van der Waals surface area contributed by atoms with E-state index in [1.165, 1.54) is 23.5 Å². The Morgan fingerprint density at radius 1 is 1.00 bits per heavy atom. The minimum absolute atomic E-state index is 0.151. The van der Waals surface area contributed by atoms with E-state index in [0.717, 1.165) is 16.9 Å². The van der Waals surface area contributed by atoms with Crippen molar-refractivity contribution in [3.8, 4) is 0 Å². The Kier molecular flexibility index (Phi) is 4.79. The van der Waals surface area contributed by atoms with Crippen molar-refractivity contribution in [3.05, 3.63) is 88.0 Å². The summed E-state index contributed by atoms with van der Waals surface area (Å²) in [6, 6.07) is 16.8. The van der Waals surface area contributed by atoms with Gasteiger partial charge in [0.2, 0.25) is 0 Å². The van der Waals surface area contributed by atoms with Gasteiger partial charge in [-0.2, -0.15) is 0 Å². The first-order chi connectivity index (χ1) is 13.6. The summed E-state index contributed by atoms with van der Waals surface area (Å²) in [6.07, 6.45) is 0.868. The molecule has 4 rings (SSSR count). The van der Waals surface area contributed by atoms with Gasteiger partial charge in [-0.25, -0.2) is 9.29 Å². The van der Waals surface area contributed by atoms with E-state index in [4.69, 9.17) is 0 Å². The molecule has 2 amide bonds. The van der Waals surface area contributed by atoms with Gasteiger partial charge in [0, 0.05) is 10.6 Å². The first-order valence-corrected chi connectivity index (χ1v) is 9.75. The molecule has 0 atom stereocenters. The molecule has 2 aromatic carbocycles. The van der Waals surface area contributed by atoms with Crippen molar-refractivity contribution in [1.82, 2.24) is 0 Å². The highest BCUT2D eigenvalue weighted by Gasteiger charge is 2.40. The number of aryl methyl sites for hydroxylation is 1. The molecule has 0 unspecified atom stereocenters. The molecule has 0 spiro atoms. The van der Waals surface area contributed by atoms with E-state index in [1.54, 1.807) is 30.3 Å². The van der Waals surface area contributed by atoms with Crippen LogP contribution in [0.15, 0.2) is 71.7 Å². The van der Waals surface area contributed by atoms with Crippen LogP contribution in [0.4, 0.5) is 15.8 Å². The molecule has 3 aromatic rings. The van der Waals surface area contributed by atoms with Crippen LogP contribution in [0.3, 0.4) is 0 Å². The van der Waals surface area contributed by atoms with Crippen molar-refractivity contribution < 1.29 is 14.0 Å². The molecule has 140 valence electrons. The first kappa shape index (κ1) is 18.1. The van der Waals surface area contributed by atoms with Crippen LogP contribution in [0.25, 0.3) is 5.57 Å². The number of carbonyl (C=O) groups excluding carboxylic acids is 2. The monoisotopic (exact) mass is 392 g/mol. The molecule has 1 aliphatic rings. The molecule has 0 fully saturated rings. The second-order valence-corrected chi connectivity index (χ2v) is 7.28. The molecule has 28 heavy (non-hydrogen) atoms. The number of amides is 2. The highest BCUT2D eigenvalue weighted by molar-refractivity contribution is 7.11. The van der Waals surface area contributed by atoms with Crippen LogP contribution in [0, 0.1) is 5.82 Å². The lowest BCUT2D eigenvalue weighted by molar-refractivity contribution is -0.120. The van der Waals surface area contributed by atoms with Gasteiger partial charge in [-0.05, 0) is 53.8 Å². The third-order valence-corrected chi connectivity index (χ3v) is 5.44. The molecule has 4 nitrogen and oxygen atoms in total. The van der Waals surface area contributed by atoms with Crippen LogP contribution < -0.4 is 10.2 Å². The fraction of sp³-hybridized carbons (Fsp3) is 0.0909. The van der Waals surface area contributed by atoms with Crippen molar-refractivity contribution in [3.63, 3.8) is 0 Å². The fourth-order valence-corrected chi connectivity index (χ4v) is 3.89. The van der Waals surface area contributed by atoms with Crippen LogP contribution in [0.1, 0.15) is 17.4 Å². The number of halogens is 1. The number of hydrogen-bond acceptors (Lipinski definition) is 4. The zero-order valence-electron chi connectivity index (χ0n) is 15.1. The third kappa shape index (κ3) is 3.23. The largest absolute Gasteiger partial charge is 0.350 e. The van der Waals surface area contributed by atoms with Crippen molar-refractivity contribution in [2.45, 2.75) is 13.3 Å². The number of benzene rings is 2. The average molecular weight is 392 g/mol. The molecule has 0 saturated carbocycles. The van der Waals surface area contributed by atoms with Crippen molar-refractivity contribution >= 4 is 40.1 Å². The van der Waals surface area contributed by atoms with Crippen LogP contribution in [-0.2, 0) is 16.0 Å². The minimum atomic E-state index is -0.457. The summed E-state index contributed by atoms with van der Waals surface area (Å²) in [4.78, 5) is 28.2. The fourth-order valence-electron chi connectivity index (χ4n) is 3.12. The van der Waals surface area contributed by atoms with Gasteiger partial charge >= 0.3 is 0 Å². The molecule has 0 aliphatic carbocycles. The van der Waals surface area contributed by atoms with Crippen molar-refractivity contribution in [2.75, 3.05) is 10.2 Å². The average Bonchev–Trinajstić information content (AvgIpc) is 3.29. The maximum Gasteiger partial charge on any atom is 0.282 e. The van der Waals surface area contributed by atoms with Crippen molar-refractivity contribution in [1.29, 1.82) is 0 Å². The molecule has 0 saturated heterocycles. The summed E-state index contributed by atoms with van der Waals surface area (Å²) in [5.41, 5.74) is 2.49. The van der Waals surface area contributed by atoms with E-state index >= 15 is 0 Å². The Morgan fingerprint density at radius 3 is 2.43 bits per heavy atom. The van der Waals surface area contributed by atoms with E-state index in [-0.39, 0.29) is 5.70 Å². The van der Waals surface area contributed by atoms with E-state index in [9.17, 15) is 14.0 Å².